The van der Waals surface area contributed by atoms with Gasteiger partial charge in [0.25, 0.3) is 0 Å². The minimum Gasteiger partial charge on any atom is -0.497 e. The molecule has 0 aliphatic heterocycles. The Morgan fingerprint density at radius 2 is 1.91 bits per heavy atom. The van der Waals surface area contributed by atoms with Gasteiger partial charge in [-0.25, -0.2) is 0 Å². The van der Waals surface area contributed by atoms with Crippen LogP contribution in [0, 0.1) is 0 Å². The van der Waals surface area contributed by atoms with Crippen molar-refractivity contribution in [1.29, 1.82) is 0 Å². The maximum atomic E-state index is 12.5. The van der Waals surface area contributed by atoms with Crippen LogP contribution in [0.3, 0.4) is 0 Å². The second-order valence-corrected chi connectivity index (χ2v) is 8.61. The predicted octanol–water partition coefficient (Wildman–Crippen LogP) is 5.49. The van der Waals surface area contributed by atoms with E-state index in [1.54, 1.807) is 43.5 Å². The normalized spacial score (nSPS) is 11.7. The van der Waals surface area contributed by atoms with Crippen molar-refractivity contribution in [3.63, 3.8) is 0 Å². The molecular weight excluding hydrogens is 487 g/mol. The summed E-state index contributed by atoms with van der Waals surface area (Å²) < 4.78 is 18.4. The Kier molecular flexibility index (Phi) is 8.71. The predicted molar refractivity (Wildman–Crippen MR) is 130 cm³/mol. The molecule has 11 heteroatoms. The Labute approximate surface area is 206 Å². The van der Waals surface area contributed by atoms with Gasteiger partial charge in [-0.1, -0.05) is 35.0 Å². The third-order valence-electron chi connectivity index (χ3n) is 4.64. The quantitative estimate of drug-likeness (QED) is 0.360. The van der Waals surface area contributed by atoms with Crippen molar-refractivity contribution in [2.24, 2.45) is 0 Å². The van der Waals surface area contributed by atoms with Crippen molar-refractivity contribution in [1.82, 2.24) is 14.8 Å². The molecule has 3 aromatic rings. The first-order valence-corrected chi connectivity index (χ1v) is 11.8. The highest BCUT2D eigenvalue weighted by molar-refractivity contribution is 7.99. The Morgan fingerprint density at radius 1 is 1.12 bits per heavy atom. The van der Waals surface area contributed by atoms with Crippen LogP contribution < -0.4 is 19.5 Å². The number of benzene rings is 2. The van der Waals surface area contributed by atoms with Crippen molar-refractivity contribution in [3.05, 3.63) is 52.3 Å². The summed E-state index contributed by atoms with van der Waals surface area (Å²) in [6.07, 6.45) is -0.430. The number of hydrogen-bond acceptors (Lipinski definition) is 7. The minimum absolute atomic E-state index is 0.142. The summed E-state index contributed by atoms with van der Waals surface area (Å²) in [7, 11) is 3.10. The van der Waals surface area contributed by atoms with Crippen LogP contribution in [-0.4, -0.2) is 40.6 Å². The number of amides is 1. The lowest BCUT2D eigenvalue weighted by Crippen LogP contribution is -2.16. The van der Waals surface area contributed by atoms with Gasteiger partial charge in [-0.3, -0.25) is 4.79 Å². The van der Waals surface area contributed by atoms with E-state index in [2.05, 4.69) is 15.5 Å². The molecule has 33 heavy (non-hydrogen) atoms. The van der Waals surface area contributed by atoms with Gasteiger partial charge in [0.2, 0.25) is 5.91 Å². The zero-order valence-electron chi connectivity index (χ0n) is 18.6. The second kappa shape index (κ2) is 11.5. The maximum absolute atomic E-state index is 12.5. The Balaban J connectivity index is 1.66. The fraction of sp³-hybridized carbons (Fsp3) is 0.318. The Hall–Kier alpha value is -2.62. The number of hydrogen-bond donors (Lipinski definition) is 1. The largest absolute Gasteiger partial charge is 0.497 e. The number of methoxy groups -OCH3 is 2. The highest BCUT2D eigenvalue weighted by atomic mass is 35.5. The number of anilines is 1. The van der Waals surface area contributed by atoms with E-state index >= 15 is 0 Å². The smallest absolute Gasteiger partial charge is 0.234 e. The monoisotopic (exact) mass is 510 g/mol. The van der Waals surface area contributed by atoms with Crippen LogP contribution in [-0.2, 0) is 11.3 Å². The van der Waals surface area contributed by atoms with Crippen molar-refractivity contribution in [2.75, 3.05) is 25.3 Å². The van der Waals surface area contributed by atoms with Crippen LogP contribution in [0.1, 0.15) is 25.8 Å². The third-order valence-corrected chi connectivity index (χ3v) is 6.15. The topological polar surface area (TPSA) is 87.5 Å². The van der Waals surface area contributed by atoms with Gasteiger partial charge in [-0.05, 0) is 38.1 Å². The number of nitrogens with one attached hydrogen (secondary N) is 1. The highest BCUT2D eigenvalue weighted by Gasteiger charge is 2.20. The zero-order valence-corrected chi connectivity index (χ0v) is 20.9. The number of rotatable bonds is 10. The number of thioether (sulfide) groups is 1. The minimum atomic E-state index is -0.430. The summed E-state index contributed by atoms with van der Waals surface area (Å²) in [6, 6.07) is 10.2. The van der Waals surface area contributed by atoms with Crippen LogP contribution in [0.2, 0.25) is 10.0 Å². The number of halogens is 2. The zero-order chi connectivity index (χ0) is 24.0. The summed E-state index contributed by atoms with van der Waals surface area (Å²) in [6.45, 7) is 4.43. The highest BCUT2D eigenvalue weighted by Crippen LogP contribution is 2.32. The van der Waals surface area contributed by atoms with Gasteiger partial charge in [0, 0.05) is 23.7 Å². The first-order valence-electron chi connectivity index (χ1n) is 10.1. The fourth-order valence-corrected chi connectivity index (χ4v) is 4.17. The van der Waals surface area contributed by atoms with Gasteiger partial charge < -0.3 is 24.1 Å². The second-order valence-electron chi connectivity index (χ2n) is 6.82. The molecular formula is C22H24Cl2N4O4S. The van der Waals surface area contributed by atoms with Crippen LogP contribution in [0.5, 0.6) is 17.2 Å². The van der Waals surface area contributed by atoms with Crippen LogP contribution in [0.25, 0.3) is 0 Å². The fourth-order valence-electron chi connectivity index (χ4n) is 3.03. The molecule has 0 saturated heterocycles. The molecule has 3 rings (SSSR count). The molecule has 0 aliphatic carbocycles. The van der Waals surface area contributed by atoms with Gasteiger partial charge >= 0.3 is 0 Å². The van der Waals surface area contributed by atoms with Crippen molar-refractivity contribution >= 4 is 46.6 Å². The Bertz CT molecular complexity index is 1130. The summed E-state index contributed by atoms with van der Waals surface area (Å²) in [5, 5.41) is 12.9. The number of carbonyl (C=O) groups excluding carboxylic acids is 1. The van der Waals surface area contributed by atoms with Crippen LogP contribution in [0.15, 0.2) is 41.6 Å². The molecule has 2 aromatic carbocycles. The molecule has 0 fully saturated rings. The molecule has 1 N–H and O–H groups in total. The van der Waals surface area contributed by atoms with Crippen LogP contribution >= 0.6 is 35.0 Å². The number of carbonyl (C=O) groups is 1. The van der Waals surface area contributed by atoms with E-state index in [1.807, 2.05) is 18.4 Å². The standard InChI is InChI=1S/C22H24Cl2N4O4S/c1-5-28-21(13(2)32-18-10-14(23)6-8-16(18)24)26-27-22(28)33-12-20(29)25-17-9-7-15(30-3)11-19(17)31-4/h6-11,13H,5,12H2,1-4H3,(H,25,29). The van der Waals surface area contributed by atoms with E-state index in [1.165, 1.54) is 18.9 Å². The van der Waals surface area contributed by atoms with E-state index in [-0.39, 0.29) is 11.7 Å². The molecule has 0 aliphatic rings. The summed E-state index contributed by atoms with van der Waals surface area (Å²) in [5.41, 5.74) is 0.557. The molecule has 0 radical (unpaired) electrons. The molecule has 1 aromatic heterocycles. The van der Waals surface area contributed by atoms with Crippen molar-refractivity contribution in [2.45, 2.75) is 31.7 Å². The summed E-state index contributed by atoms with van der Waals surface area (Å²) in [5.74, 6) is 2.17. The first-order chi connectivity index (χ1) is 15.9. The van der Waals surface area contributed by atoms with Gasteiger partial charge in [0.05, 0.1) is 30.7 Å². The van der Waals surface area contributed by atoms with Crippen LogP contribution in [0.4, 0.5) is 5.69 Å². The van der Waals surface area contributed by atoms with E-state index in [0.717, 1.165) is 0 Å². The molecule has 176 valence electrons. The third kappa shape index (κ3) is 6.25. The van der Waals surface area contributed by atoms with E-state index in [9.17, 15) is 4.79 Å². The first kappa shape index (κ1) is 25.0. The molecule has 8 nitrogen and oxygen atoms in total. The number of aromatic nitrogens is 3. The van der Waals surface area contributed by atoms with E-state index < -0.39 is 6.10 Å². The molecule has 1 heterocycles. The van der Waals surface area contributed by atoms with Gasteiger partial charge in [0.1, 0.15) is 17.2 Å². The van der Waals surface area contributed by atoms with E-state index in [0.29, 0.717) is 50.5 Å². The van der Waals surface area contributed by atoms with Crippen molar-refractivity contribution in [3.8, 4) is 17.2 Å². The molecule has 1 atom stereocenters. The molecule has 1 amide bonds. The van der Waals surface area contributed by atoms with Gasteiger partial charge in [-0.15, -0.1) is 10.2 Å². The molecule has 0 bridgehead atoms. The molecule has 0 spiro atoms. The average molecular weight is 511 g/mol. The van der Waals surface area contributed by atoms with Gasteiger partial charge in [-0.2, -0.15) is 0 Å². The van der Waals surface area contributed by atoms with Crippen molar-refractivity contribution < 1.29 is 19.0 Å². The van der Waals surface area contributed by atoms with E-state index in [4.69, 9.17) is 37.4 Å². The number of ether oxygens (including phenoxy) is 3. The molecule has 1 unspecified atom stereocenters. The lowest BCUT2D eigenvalue weighted by Gasteiger charge is -2.16. The van der Waals surface area contributed by atoms with Gasteiger partial charge in [0.15, 0.2) is 17.1 Å². The maximum Gasteiger partial charge on any atom is 0.234 e. The number of nitrogens with zero attached hydrogens (tertiary/aromatic N) is 3. The SMILES string of the molecule is CCn1c(SCC(=O)Nc2ccc(OC)cc2OC)nnc1C(C)Oc1cc(Cl)ccc1Cl. The summed E-state index contributed by atoms with van der Waals surface area (Å²) >= 11 is 13.5. The average Bonchev–Trinajstić information content (AvgIpc) is 3.23. The summed E-state index contributed by atoms with van der Waals surface area (Å²) in [4.78, 5) is 12.5. The molecule has 0 saturated carbocycles. The lowest BCUT2D eigenvalue weighted by atomic mass is 10.2. The Morgan fingerprint density at radius 3 is 2.61 bits per heavy atom. The lowest BCUT2D eigenvalue weighted by molar-refractivity contribution is -0.113.